The number of hydrogen-bond donors (Lipinski definition) is 2. The van der Waals surface area contributed by atoms with Crippen molar-refractivity contribution in [2.45, 2.75) is 19.5 Å². The van der Waals surface area contributed by atoms with E-state index in [2.05, 4.69) is 10.1 Å². The number of methoxy groups -OCH3 is 1. The predicted octanol–water partition coefficient (Wildman–Crippen LogP) is 1.10. The summed E-state index contributed by atoms with van der Waals surface area (Å²) in [6.45, 7) is 2.14. The van der Waals surface area contributed by atoms with Crippen LogP contribution in [0.5, 0.6) is 0 Å². The Labute approximate surface area is 97.0 Å². The highest BCUT2D eigenvalue weighted by Gasteiger charge is 2.13. The van der Waals surface area contributed by atoms with Crippen molar-refractivity contribution in [1.82, 2.24) is 5.32 Å². The Kier molecular flexibility index (Phi) is 4.45. The number of nitrogens with one attached hydrogen (secondary N) is 1. The first-order valence-corrected chi connectivity index (χ1v) is 5.49. The summed E-state index contributed by atoms with van der Waals surface area (Å²) in [6.07, 6.45) is 0. The van der Waals surface area contributed by atoms with Crippen LogP contribution < -0.4 is 5.32 Å². The molecule has 1 aromatic heterocycles. The van der Waals surface area contributed by atoms with Gasteiger partial charge in [0.15, 0.2) is 0 Å². The molecule has 1 heterocycles. The summed E-state index contributed by atoms with van der Waals surface area (Å²) in [4.78, 5) is 22.9. The molecule has 0 aromatic carbocycles. The molecule has 0 aliphatic heterocycles. The third-order valence-electron chi connectivity index (χ3n) is 2.01. The van der Waals surface area contributed by atoms with E-state index in [0.717, 1.165) is 4.88 Å². The third kappa shape index (κ3) is 3.32. The number of carbonyl (C=O) groups excluding carboxylic acids is 1. The van der Waals surface area contributed by atoms with E-state index in [9.17, 15) is 9.59 Å². The number of esters is 1. The Bertz CT molecular complexity index is 388. The minimum atomic E-state index is -0.933. The van der Waals surface area contributed by atoms with Gasteiger partial charge in [0, 0.05) is 11.4 Å². The maximum absolute atomic E-state index is 11.1. The van der Waals surface area contributed by atoms with Crippen molar-refractivity contribution in [1.29, 1.82) is 0 Å². The van der Waals surface area contributed by atoms with Crippen LogP contribution in [0.2, 0.25) is 0 Å². The second kappa shape index (κ2) is 5.62. The van der Waals surface area contributed by atoms with Gasteiger partial charge in [-0.15, -0.1) is 11.3 Å². The Morgan fingerprint density at radius 2 is 2.25 bits per heavy atom. The van der Waals surface area contributed by atoms with Crippen LogP contribution in [0, 0.1) is 0 Å². The average Bonchev–Trinajstić information content (AvgIpc) is 2.73. The van der Waals surface area contributed by atoms with Gasteiger partial charge in [-0.05, 0) is 19.1 Å². The maximum atomic E-state index is 11.1. The van der Waals surface area contributed by atoms with Gasteiger partial charge >= 0.3 is 11.9 Å². The number of carbonyl (C=O) groups is 2. The number of hydrogen-bond acceptors (Lipinski definition) is 5. The minimum Gasteiger partial charge on any atom is -0.477 e. The topological polar surface area (TPSA) is 75.6 Å². The van der Waals surface area contributed by atoms with Crippen molar-refractivity contribution in [3.63, 3.8) is 0 Å². The van der Waals surface area contributed by atoms with E-state index >= 15 is 0 Å². The van der Waals surface area contributed by atoms with Crippen LogP contribution in [0.3, 0.4) is 0 Å². The van der Waals surface area contributed by atoms with Gasteiger partial charge in [0.2, 0.25) is 0 Å². The van der Waals surface area contributed by atoms with Crippen LogP contribution >= 0.6 is 11.3 Å². The monoisotopic (exact) mass is 243 g/mol. The van der Waals surface area contributed by atoms with Crippen LogP contribution in [0.25, 0.3) is 0 Å². The lowest BCUT2D eigenvalue weighted by molar-refractivity contribution is -0.142. The molecule has 0 saturated heterocycles. The van der Waals surface area contributed by atoms with Gasteiger partial charge in [-0.2, -0.15) is 0 Å². The van der Waals surface area contributed by atoms with Crippen molar-refractivity contribution in [3.05, 3.63) is 21.9 Å². The van der Waals surface area contributed by atoms with Crippen LogP contribution in [-0.2, 0) is 16.1 Å². The molecule has 88 valence electrons. The molecule has 1 rings (SSSR count). The van der Waals surface area contributed by atoms with E-state index in [1.54, 1.807) is 19.1 Å². The average molecular weight is 243 g/mol. The summed E-state index contributed by atoms with van der Waals surface area (Å²) in [5.41, 5.74) is 0. The zero-order chi connectivity index (χ0) is 12.1. The zero-order valence-electron chi connectivity index (χ0n) is 9.02. The molecule has 2 N–H and O–H groups in total. The Hall–Kier alpha value is -1.40. The summed E-state index contributed by atoms with van der Waals surface area (Å²) in [5, 5.41) is 11.7. The molecule has 1 unspecified atom stereocenters. The quantitative estimate of drug-likeness (QED) is 0.757. The fraction of sp³-hybridized carbons (Fsp3) is 0.400. The van der Waals surface area contributed by atoms with Gasteiger partial charge in [0.05, 0.1) is 7.11 Å². The number of aromatic carboxylic acids is 1. The van der Waals surface area contributed by atoms with E-state index in [4.69, 9.17) is 5.11 Å². The second-order valence-electron chi connectivity index (χ2n) is 3.20. The van der Waals surface area contributed by atoms with Crippen molar-refractivity contribution in [2.75, 3.05) is 7.11 Å². The zero-order valence-corrected chi connectivity index (χ0v) is 9.84. The van der Waals surface area contributed by atoms with E-state index < -0.39 is 12.0 Å². The third-order valence-corrected chi connectivity index (χ3v) is 3.08. The normalized spacial score (nSPS) is 12.1. The van der Waals surface area contributed by atoms with Gasteiger partial charge in [-0.25, -0.2) is 4.79 Å². The summed E-state index contributed by atoms with van der Waals surface area (Å²) >= 11 is 1.19. The van der Waals surface area contributed by atoms with Gasteiger partial charge in [-0.1, -0.05) is 0 Å². The molecule has 0 bridgehead atoms. The first-order chi connectivity index (χ1) is 7.54. The lowest BCUT2D eigenvalue weighted by Crippen LogP contribution is -2.34. The molecule has 5 nitrogen and oxygen atoms in total. The second-order valence-corrected chi connectivity index (χ2v) is 4.37. The molecule has 0 spiro atoms. The first kappa shape index (κ1) is 12.7. The fourth-order valence-corrected chi connectivity index (χ4v) is 1.90. The minimum absolute atomic E-state index is 0.294. The van der Waals surface area contributed by atoms with Gasteiger partial charge in [0.1, 0.15) is 10.9 Å². The van der Waals surface area contributed by atoms with E-state index in [1.165, 1.54) is 18.4 Å². The van der Waals surface area contributed by atoms with Gasteiger partial charge in [-0.3, -0.25) is 10.1 Å². The van der Waals surface area contributed by atoms with E-state index in [-0.39, 0.29) is 5.97 Å². The summed E-state index contributed by atoms with van der Waals surface area (Å²) < 4.78 is 4.55. The Balaban J connectivity index is 2.48. The highest BCUT2D eigenvalue weighted by atomic mass is 32.1. The van der Waals surface area contributed by atoms with Crippen molar-refractivity contribution >= 4 is 23.3 Å². The van der Waals surface area contributed by atoms with Crippen LogP contribution in [0.1, 0.15) is 21.5 Å². The highest BCUT2D eigenvalue weighted by Crippen LogP contribution is 2.16. The molecular weight excluding hydrogens is 230 g/mol. The molecule has 1 atom stereocenters. The number of thiophene rings is 1. The molecule has 0 aliphatic rings. The van der Waals surface area contributed by atoms with Gasteiger partial charge in [0.25, 0.3) is 0 Å². The van der Waals surface area contributed by atoms with Crippen molar-refractivity contribution in [3.8, 4) is 0 Å². The molecular formula is C10H13NO4S. The highest BCUT2D eigenvalue weighted by molar-refractivity contribution is 7.13. The lowest BCUT2D eigenvalue weighted by atomic mass is 10.3. The predicted molar refractivity (Wildman–Crippen MR) is 59.6 cm³/mol. The first-order valence-electron chi connectivity index (χ1n) is 4.67. The van der Waals surface area contributed by atoms with E-state index in [1.807, 2.05) is 0 Å². The Morgan fingerprint density at radius 1 is 1.56 bits per heavy atom. The lowest BCUT2D eigenvalue weighted by Gasteiger charge is -2.09. The fourth-order valence-electron chi connectivity index (χ4n) is 1.10. The number of carboxylic acids is 1. The number of rotatable bonds is 5. The van der Waals surface area contributed by atoms with Crippen molar-refractivity contribution < 1.29 is 19.4 Å². The SMILES string of the molecule is COC(=O)C(C)NCc1ccc(C(=O)O)s1. The van der Waals surface area contributed by atoms with Crippen LogP contribution in [0.15, 0.2) is 12.1 Å². The summed E-state index contributed by atoms with van der Waals surface area (Å²) in [5.74, 6) is -1.27. The summed E-state index contributed by atoms with van der Waals surface area (Å²) in [6, 6.07) is 2.87. The molecule has 0 fully saturated rings. The molecule has 0 aliphatic carbocycles. The standard InChI is InChI=1S/C10H13NO4S/c1-6(10(14)15-2)11-5-7-3-4-8(16-7)9(12)13/h3-4,6,11H,5H2,1-2H3,(H,12,13). The summed E-state index contributed by atoms with van der Waals surface area (Å²) in [7, 11) is 1.33. The van der Waals surface area contributed by atoms with Gasteiger partial charge < -0.3 is 9.84 Å². The van der Waals surface area contributed by atoms with E-state index in [0.29, 0.717) is 11.4 Å². The smallest absolute Gasteiger partial charge is 0.345 e. The number of carboxylic acid groups (broad SMARTS) is 1. The van der Waals surface area contributed by atoms with Crippen LogP contribution in [0.4, 0.5) is 0 Å². The number of ether oxygens (including phenoxy) is 1. The molecule has 0 saturated carbocycles. The molecule has 6 heteroatoms. The Morgan fingerprint density at radius 3 is 2.75 bits per heavy atom. The van der Waals surface area contributed by atoms with Crippen LogP contribution in [-0.4, -0.2) is 30.2 Å². The van der Waals surface area contributed by atoms with Crippen molar-refractivity contribution in [2.24, 2.45) is 0 Å². The molecule has 1 aromatic rings. The largest absolute Gasteiger partial charge is 0.477 e. The molecule has 16 heavy (non-hydrogen) atoms. The molecule has 0 amide bonds. The maximum Gasteiger partial charge on any atom is 0.345 e. The molecule has 0 radical (unpaired) electrons.